The van der Waals surface area contributed by atoms with Gasteiger partial charge in [0.1, 0.15) is 5.69 Å². The number of carbonyl (C=O) groups excluding carboxylic acids is 1. The first kappa shape index (κ1) is 24.4. The molecule has 9 nitrogen and oxygen atoms in total. The summed E-state index contributed by atoms with van der Waals surface area (Å²) in [6, 6.07) is 7.96. The summed E-state index contributed by atoms with van der Waals surface area (Å²) in [4.78, 5) is 27.8. The smallest absolute Gasteiger partial charge is 0.294 e. The number of nitro benzene ring substituents is 1. The lowest BCUT2D eigenvalue weighted by Crippen LogP contribution is -2.49. The van der Waals surface area contributed by atoms with Crippen LogP contribution in [0, 0.1) is 10.1 Å². The average molecular weight is 478 g/mol. The lowest BCUT2D eigenvalue weighted by atomic mass is 10.1. The van der Waals surface area contributed by atoms with Crippen LogP contribution in [0.3, 0.4) is 0 Å². The van der Waals surface area contributed by atoms with Crippen LogP contribution < -0.4 is 19.1 Å². The molecule has 0 spiro atoms. The molecule has 0 N–H and O–H groups in total. The number of piperazine rings is 1. The molecule has 0 bridgehead atoms. The van der Waals surface area contributed by atoms with E-state index in [0.717, 1.165) is 0 Å². The Labute approximate surface area is 197 Å². The van der Waals surface area contributed by atoms with Crippen molar-refractivity contribution in [2.45, 2.75) is 20.8 Å². The van der Waals surface area contributed by atoms with Crippen LogP contribution in [0.2, 0.25) is 5.02 Å². The van der Waals surface area contributed by atoms with E-state index in [4.69, 9.17) is 25.8 Å². The first-order chi connectivity index (χ1) is 15.9. The number of nitro groups is 1. The molecule has 0 radical (unpaired) electrons. The van der Waals surface area contributed by atoms with Gasteiger partial charge < -0.3 is 24.0 Å². The van der Waals surface area contributed by atoms with Gasteiger partial charge in [0.15, 0.2) is 11.5 Å². The fourth-order valence-electron chi connectivity index (χ4n) is 3.79. The summed E-state index contributed by atoms with van der Waals surface area (Å²) in [7, 11) is 0. The van der Waals surface area contributed by atoms with E-state index in [9.17, 15) is 14.9 Å². The summed E-state index contributed by atoms with van der Waals surface area (Å²) in [5.41, 5.74) is 0.772. The summed E-state index contributed by atoms with van der Waals surface area (Å²) >= 11 is 6.27. The highest BCUT2D eigenvalue weighted by atomic mass is 35.5. The maximum absolute atomic E-state index is 13.3. The average Bonchev–Trinajstić information content (AvgIpc) is 2.80. The minimum absolute atomic E-state index is 0.0449. The highest BCUT2D eigenvalue weighted by Crippen LogP contribution is 2.40. The van der Waals surface area contributed by atoms with Crippen molar-refractivity contribution in [3.05, 3.63) is 51.0 Å². The second kappa shape index (κ2) is 11.1. The Morgan fingerprint density at radius 1 is 1.00 bits per heavy atom. The molecule has 2 aromatic rings. The third kappa shape index (κ3) is 5.42. The van der Waals surface area contributed by atoms with Gasteiger partial charge in [-0.2, -0.15) is 0 Å². The van der Waals surface area contributed by atoms with E-state index < -0.39 is 4.92 Å². The maximum Gasteiger partial charge on any atom is 0.294 e. The monoisotopic (exact) mass is 477 g/mol. The van der Waals surface area contributed by atoms with Gasteiger partial charge in [-0.1, -0.05) is 17.7 Å². The number of amides is 1. The van der Waals surface area contributed by atoms with E-state index in [2.05, 4.69) is 0 Å². The Balaban J connectivity index is 1.82. The second-order valence-electron chi connectivity index (χ2n) is 7.24. The van der Waals surface area contributed by atoms with Crippen molar-refractivity contribution in [1.29, 1.82) is 0 Å². The van der Waals surface area contributed by atoms with Gasteiger partial charge in [-0.15, -0.1) is 0 Å². The van der Waals surface area contributed by atoms with Crippen molar-refractivity contribution in [3.8, 4) is 17.2 Å². The van der Waals surface area contributed by atoms with E-state index in [1.54, 1.807) is 29.2 Å². The number of benzene rings is 2. The molecule has 0 unspecified atom stereocenters. The SMILES string of the molecule is CCOc1cc(C(=O)N2CCN(c3c(Cl)cccc3[N+](=O)[O-])CC2)cc(OCC)c1OCC. The number of halogens is 1. The van der Waals surface area contributed by atoms with Gasteiger partial charge in [-0.25, -0.2) is 0 Å². The van der Waals surface area contributed by atoms with Crippen molar-refractivity contribution in [1.82, 2.24) is 4.90 Å². The van der Waals surface area contributed by atoms with Gasteiger partial charge in [0.25, 0.3) is 11.6 Å². The molecular weight excluding hydrogens is 450 g/mol. The molecule has 3 rings (SSSR count). The van der Waals surface area contributed by atoms with Crippen LogP contribution in [-0.4, -0.2) is 61.7 Å². The highest BCUT2D eigenvalue weighted by molar-refractivity contribution is 6.33. The molecule has 1 heterocycles. The normalized spacial score (nSPS) is 13.6. The Morgan fingerprint density at radius 3 is 2.09 bits per heavy atom. The molecular formula is C23H28ClN3O6. The first-order valence-electron chi connectivity index (χ1n) is 10.9. The van der Waals surface area contributed by atoms with Gasteiger partial charge in [0, 0.05) is 37.8 Å². The summed E-state index contributed by atoms with van der Waals surface area (Å²) in [6.45, 7) is 8.47. The molecule has 1 fully saturated rings. The summed E-state index contributed by atoms with van der Waals surface area (Å²) < 4.78 is 17.1. The maximum atomic E-state index is 13.3. The predicted octanol–water partition coefficient (Wildman–Crippen LogP) is 4.41. The van der Waals surface area contributed by atoms with Crippen LogP contribution in [0.25, 0.3) is 0 Å². The van der Waals surface area contributed by atoms with Crippen molar-refractivity contribution in [2.75, 3.05) is 50.9 Å². The Bertz CT molecular complexity index is 981. The Morgan fingerprint density at radius 2 is 1.58 bits per heavy atom. The van der Waals surface area contributed by atoms with Gasteiger partial charge in [-0.05, 0) is 39.0 Å². The zero-order chi connectivity index (χ0) is 24.0. The number of hydrogen-bond acceptors (Lipinski definition) is 7. The van der Waals surface area contributed by atoms with E-state index in [1.807, 2.05) is 25.7 Å². The minimum atomic E-state index is -0.441. The third-order valence-corrected chi connectivity index (χ3v) is 5.51. The fourth-order valence-corrected chi connectivity index (χ4v) is 4.08. The summed E-state index contributed by atoms with van der Waals surface area (Å²) in [5, 5.41) is 11.8. The van der Waals surface area contributed by atoms with Crippen molar-refractivity contribution in [3.63, 3.8) is 0 Å². The zero-order valence-corrected chi connectivity index (χ0v) is 19.8. The minimum Gasteiger partial charge on any atom is -0.490 e. The highest BCUT2D eigenvalue weighted by Gasteiger charge is 2.29. The third-order valence-electron chi connectivity index (χ3n) is 5.20. The molecule has 0 aliphatic carbocycles. The van der Waals surface area contributed by atoms with Crippen LogP contribution in [0.4, 0.5) is 11.4 Å². The van der Waals surface area contributed by atoms with Gasteiger partial charge in [-0.3, -0.25) is 14.9 Å². The van der Waals surface area contributed by atoms with Gasteiger partial charge in [0.2, 0.25) is 5.75 Å². The van der Waals surface area contributed by atoms with E-state index in [0.29, 0.717) is 79.5 Å². The summed E-state index contributed by atoms with van der Waals surface area (Å²) in [6.07, 6.45) is 0. The van der Waals surface area contributed by atoms with Gasteiger partial charge in [0.05, 0.1) is 29.8 Å². The molecule has 178 valence electrons. The number of para-hydroxylation sites is 1. The fraction of sp³-hybridized carbons (Fsp3) is 0.435. The Kier molecular flexibility index (Phi) is 8.21. The number of rotatable bonds is 9. The number of anilines is 1. The van der Waals surface area contributed by atoms with E-state index in [1.165, 1.54) is 6.07 Å². The standard InChI is InChI=1S/C23H28ClN3O6/c1-4-31-19-14-16(15-20(32-5-2)22(19)33-6-3)23(28)26-12-10-25(11-13-26)21-17(24)8-7-9-18(21)27(29)30/h7-9,14-15H,4-6,10-13H2,1-3H3. The van der Waals surface area contributed by atoms with Crippen molar-refractivity contribution in [2.24, 2.45) is 0 Å². The predicted molar refractivity (Wildman–Crippen MR) is 126 cm³/mol. The van der Waals surface area contributed by atoms with Crippen LogP contribution in [-0.2, 0) is 0 Å². The topological polar surface area (TPSA) is 94.4 Å². The molecule has 1 amide bonds. The van der Waals surface area contributed by atoms with E-state index in [-0.39, 0.29) is 11.6 Å². The van der Waals surface area contributed by atoms with Crippen molar-refractivity contribution >= 4 is 28.9 Å². The van der Waals surface area contributed by atoms with Gasteiger partial charge >= 0.3 is 0 Å². The molecule has 1 saturated heterocycles. The molecule has 1 aliphatic heterocycles. The molecule has 0 atom stereocenters. The second-order valence-corrected chi connectivity index (χ2v) is 7.65. The molecule has 10 heteroatoms. The number of nitrogens with zero attached hydrogens (tertiary/aromatic N) is 3. The van der Waals surface area contributed by atoms with Crippen LogP contribution >= 0.6 is 11.6 Å². The molecule has 2 aromatic carbocycles. The zero-order valence-electron chi connectivity index (χ0n) is 19.0. The number of ether oxygens (including phenoxy) is 3. The van der Waals surface area contributed by atoms with Crippen LogP contribution in [0.1, 0.15) is 31.1 Å². The van der Waals surface area contributed by atoms with Crippen LogP contribution in [0.5, 0.6) is 17.2 Å². The molecule has 33 heavy (non-hydrogen) atoms. The largest absolute Gasteiger partial charge is 0.490 e. The first-order valence-corrected chi connectivity index (χ1v) is 11.3. The quantitative estimate of drug-likeness (QED) is 0.390. The van der Waals surface area contributed by atoms with Crippen LogP contribution in [0.15, 0.2) is 30.3 Å². The lowest BCUT2D eigenvalue weighted by Gasteiger charge is -2.36. The molecule has 0 aromatic heterocycles. The molecule has 1 aliphatic rings. The number of hydrogen-bond donors (Lipinski definition) is 0. The van der Waals surface area contributed by atoms with E-state index >= 15 is 0 Å². The Hall–Kier alpha value is -3.20. The number of carbonyl (C=O) groups is 1. The van der Waals surface area contributed by atoms with Crippen molar-refractivity contribution < 1.29 is 23.9 Å². The lowest BCUT2D eigenvalue weighted by molar-refractivity contribution is -0.384. The molecule has 0 saturated carbocycles. The summed E-state index contributed by atoms with van der Waals surface area (Å²) in [5.74, 6) is 1.22.